The Morgan fingerprint density at radius 2 is 2.22 bits per heavy atom. The molecule has 0 atom stereocenters. The van der Waals surface area contributed by atoms with Crippen LogP contribution in [0.15, 0.2) is 22.7 Å². The topological polar surface area (TPSA) is 56.1 Å². The van der Waals surface area contributed by atoms with Crippen LogP contribution in [-0.2, 0) is 13.6 Å². The van der Waals surface area contributed by atoms with Gasteiger partial charge in [0.25, 0.3) is 0 Å². The Labute approximate surface area is 114 Å². The van der Waals surface area contributed by atoms with E-state index in [1.807, 2.05) is 37.2 Å². The van der Waals surface area contributed by atoms with Gasteiger partial charge in [-0.3, -0.25) is 0 Å². The van der Waals surface area contributed by atoms with Crippen molar-refractivity contribution < 1.29 is 4.74 Å². The number of aromatic nitrogens is 4. The summed E-state index contributed by atoms with van der Waals surface area (Å²) in [5.74, 6) is 1.54. The zero-order valence-electron chi connectivity index (χ0n) is 10.5. The van der Waals surface area contributed by atoms with Gasteiger partial charge in [0.05, 0.1) is 7.11 Å². The molecule has 6 nitrogen and oxygen atoms in total. The van der Waals surface area contributed by atoms with Crippen molar-refractivity contribution in [1.29, 1.82) is 0 Å². The SMILES string of the molecule is COc1ccc(Br)c(CN(C)c2nnnn2C)c1. The average molecular weight is 312 g/mol. The highest BCUT2D eigenvalue weighted by molar-refractivity contribution is 9.10. The zero-order chi connectivity index (χ0) is 13.1. The summed E-state index contributed by atoms with van der Waals surface area (Å²) in [6.45, 7) is 0.687. The quantitative estimate of drug-likeness (QED) is 0.859. The maximum atomic E-state index is 5.22. The molecule has 0 aliphatic rings. The molecule has 1 heterocycles. The van der Waals surface area contributed by atoms with Gasteiger partial charge in [0.2, 0.25) is 5.95 Å². The number of rotatable bonds is 4. The van der Waals surface area contributed by atoms with E-state index in [9.17, 15) is 0 Å². The number of nitrogens with zero attached hydrogens (tertiary/aromatic N) is 5. The van der Waals surface area contributed by atoms with Crippen molar-refractivity contribution in [2.45, 2.75) is 6.54 Å². The predicted octanol–water partition coefficient (Wildman–Crippen LogP) is 1.62. The molecule has 0 saturated heterocycles. The van der Waals surface area contributed by atoms with Crippen LogP contribution in [0.3, 0.4) is 0 Å². The standard InChI is InChI=1S/C11H14BrN5O/c1-16(11-13-14-15-17(11)2)7-8-6-9(18-3)4-5-10(8)12/h4-6H,7H2,1-3H3. The van der Waals surface area contributed by atoms with E-state index in [0.29, 0.717) is 12.5 Å². The Kier molecular flexibility index (Phi) is 3.81. The van der Waals surface area contributed by atoms with E-state index in [1.54, 1.807) is 11.8 Å². The van der Waals surface area contributed by atoms with E-state index in [1.165, 1.54) is 0 Å². The second-order valence-corrected chi connectivity index (χ2v) is 4.77. The fourth-order valence-electron chi connectivity index (χ4n) is 1.67. The van der Waals surface area contributed by atoms with Crippen molar-refractivity contribution in [3.63, 3.8) is 0 Å². The summed E-state index contributed by atoms with van der Waals surface area (Å²) in [4.78, 5) is 1.97. The molecule has 0 bridgehead atoms. The van der Waals surface area contributed by atoms with Crippen LogP contribution in [0.5, 0.6) is 5.75 Å². The van der Waals surface area contributed by atoms with Crippen LogP contribution in [0, 0.1) is 0 Å². The lowest BCUT2D eigenvalue weighted by molar-refractivity contribution is 0.414. The summed E-state index contributed by atoms with van der Waals surface area (Å²) in [5.41, 5.74) is 1.11. The summed E-state index contributed by atoms with van der Waals surface area (Å²) in [6, 6.07) is 5.87. The molecule has 0 N–H and O–H groups in total. The molecule has 2 aromatic rings. The lowest BCUT2D eigenvalue weighted by Crippen LogP contribution is -2.20. The van der Waals surface area contributed by atoms with E-state index in [2.05, 4.69) is 31.5 Å². The average Bonchev–Trinajstić information content (AvgIpc) is 2.78. The van der Waals surface area contributed by atoms with E-state index in [4.69, 9.17) is 4.74 Å². The van der Waals surface area contributed by atoms with E-state index >= 15 is 0 Å². The molecule has 0 amide bonds. The van der Waals surface area contributed by atoms with Crippen LogP contribution in [0.1, 0.15) is 5.56 Å². The number of tetrazole rings is 1. The second kappa shape index (κ2) is 5.34. The number of ether oxygens (including phenoxy) is 1. The third kappa shape index (κ3) is 2.61. The fraction of sp³-hybridized carbons (Fsp3) is 0.364. The third-order valence-corrected chi connectivity index (χ3v) is 3.37. The number of hydrogen-bond acceptors (Lipinski definition) is 5. The van der Waals surface area contributed by atoms with Gasteiger partial charge in [-0.15, -0.1) is 0 Å². The Balaban J connectivity index is 2.21. The minimum absolute atomic E-state index is 0.687. The molecule has 0 radical (unpaired) electrons. The molecule has 7 heteroatoms. The molecule has 0 aliphatic heterocycles. The Bertz CT molecular complexity index is 542. The Morgan fingerprint density at radius 1 is 1.44 bits per heavy atom. The van der Waals surface area contributed by atoms with Crippen molar-refractivity contribution >= 4 is 21.9 Å². The largest absolute Gasteiger partial charge is 0.497 e. The fourth-order valence-corrected chi connectivity index (χ4v) is 2.05. The second-order valence-electron chi connectivity index (χ2n) is 3.92. The molecule has 0 unspecified atom stereocenters. The number of anilines is 1. The van der Waals surface area contributed by atoms with Gasteiger partial charge in [-0.2, -0.15) is 0 Å². The van der Waals surface area contributed by atoms with Crippen LogP contribution in [0.25, 0.3) is 0 Å². The van der Waals surface area contributed by atoms with Crippen molar-refractivity contribution in [1.82, 2.24) is 20.2 Å². The molecule has 1 aromatic carbocycles. The van der Waals surface area contributed by atoms with Crippen LogP contribution < -0.4 is 9.64 Å². The molecule has 0 spiro atoms. The van der Waals surface area contributed by atoms with Gasteiger partial charge >= 0.3 is 0 Å². The van der Waals surface area contributed by atoms with Crippen molar-refractivity contribution in [2.24, 2.45) is 7.05 Å². The van der Waals surface area contributed by atoms with Gasteiger partial charge in [-0.05, 0) is 34.2 Å². The summed E-state index contributed by atoms with van der Waals surface area (Å²) >= 11 is 3.53. The van der Waals surface area contributed by atoms with Gasteiger partial charge < -0.3 is 9.64 Å². The Hall–Kier alpha value is -1.63. The van der Waals surface area contributed by atoms with Gasteiger partial charge in [0.1, 0.15) is 5.75 Å². The number of aryl methyl sites for hydroxylation is 1. The Morgan fingerprint density at radius 3 is 2.83 bits per heavy atom. The van der Waals surface area contributed by atoms with Crippen molar-refractivity contribution in [3.05, 3.63) is 28.2 Å². The first-order valence-electron chi connectivity index (χ1n) is 5.37. The van der Waals surface area contributed by atoms with Gasteiger partial charge in [0.15, 0.2) is 0 Å². The number of hydrogen-bond donors (Lipinski definition) is 0. The minimum Gasteiger partial charge on any atom is -0.497 e. The first-order valence-corrected chi connectivity index (χ1v) is 6.17. The van der Waals surface area contributed by atoms with Crippen molar-refractivity contribution in [2.75, 3.05) is 19.1 Å². The predicted molar refractivity (Wildman–Crippen MR) is 71.6 cm³/mol. The van der Waals surface area contributed by atoms with Gasteiger partial charge in [-0.25, -0.2) is 4.68 Å². The van der Waals surface area contributed by atoms with Gasteiger partial charge in [-0.1, -0.05) is 21.0 Å². The molecule has 0 fully saturated rings. The molecule has 96 valence electrons. The lowest BCUT2D eigenvalue weighted by Gasteiger charge is -2.17. The van der Waals surface area contributed by atoms with E-state index < -0.39 is 0 Å². The monoisotopic (exact) mass is 311 g/mol. The van der Waals surface area contributed by atoms with Crippen LogP contribution in [0.2, 0.25) is 0 Å². The maximum absolute atomic E-state index is 5.22. The highest BCUT2D eigenvalue weighted by Gasteiger charge is 2.11. The molecule has 0 saturated carbocycles. The highest BCUT2D eigenvalue weighted by atomic mass is 79.9. The molecular weight excluding hydrogens is 298 g/mol. The van der Waals surface area contributed by atoms with Crippen molar-refractivity contribution in [3.8, 4) is 5.75 Å². The summed E-state index contributed by atoms with van der Waals surface area (Å²) in [7, 11) is 5.41. The third-order valence-electron chi connectivity index (χ3n) is 2.60. The first kappa shape index (κ1) is 12.8. The molecular formula is C11H14BrN5O. The summed E-state index contributed by atoms with van der Waals surface area (Å²) < 4.78 is 7.89. The smallest absolute Gasteiger partial charge is 0.245 e. The maximum Gasteiger partial charge on any atom is 0.245 e. The first-order chi connectivity index (χ1) is 8.61. The molecule has 2 rings (SSSR count). The number of methoxy groups -OCH3 is 1. The van der Waals surface area contributed by atoms with Crippen LogP contribution in [0.4, 0.5) is 5.95 Å². The molecule has 1 aromatic heterocycles. The summed E-state index contributed by atoms with van der Waals surface area (Å²) in [6.07, 6.45) is 0. The minimum atomic E-state index is 0.687. The zero-order valence-corrected chi connectivity index (χ0v) is 12.0. The lowest BCUT2D eigenvalue weighted by atomic mass is 10.2. The van der Waals surface area contributed by atoms with Gasteiger partial charge in [0, 0.05) is 25.1 Å². The molecule has 0 aliphatic carbocycles. The van der Waals surface area contributed by atoms with Crippen LogP contribution >= 0.6 is 15.9 Å². The van der Waals surface area contributed by atoms with E-state index in [0.717, 1.165) is 15.8 Å². The van der Waals surface area contributed by atoms with E-state index in [-0.39, 0.29) is 0 Å². The summed E-state index contributed by atoms with van der Waals surface area (Å²) in [5, 5.41) is 11.4. The highest BCUT2D eigenvalue weighted by Crippen LogP contribution is 2.24. The number of halogens is 1. The normalized spacial score (nSPS) is 10.4. The number of benzene rings is 1. The molecule has 18 heavy (non-hydrogen) atoms. The van der Waals surface area contributed by atoms with Crippen LogP contribution in [-0.4, -0.2) is 34.4 Å².